The van der Waals surface area contributed by atoms with Gasteiger partial charge >= 0.3 is 0 Å². The molecule has 1 N–H and O–H groups in total. The third-order valence-corrected chi connectivity index (χ3v) is 2.36. The molecule has 0 aliphatic carbocycles. The second kappa shape index (κ2) is 4.42. The Morgan fingerprint density at radius 3 is 2.40 bits per heavy atom. The van der Waals surface area contributed by atoms with Crippen molar-refractivity contribution >= 4 is 11.6 Å². The first-order valence-corrected chi connectivity index (χ1v) is 4.89. The molecule has 1 aromatic carbocycles. The van der Waals surface area contributed by atoms with Gasteiger partial charge in [0.15, 0.2) is 0 Å². The van der Waals surface area contributed by atoms with Crippen LogP contribution < -0.4 is 0 Å². The zero-order valence-electron chi connectivity index (χ0n) is 7.92. The standard InChI is InChI=1S/C10H10ClN3O/c11-9-3-1-8(2-4-9)10(15)5-14-6-12-13-7-14/h1-4,6-7,10,15H,5H2. The third kappa shape index (κ3) is 2.55. The first-order valence-electron chi connectivity index (χ1n) is 4.51. The van der Waals surface area contributed by atoms with Gasteiger partial charge in [0, 0.05) is 5.02 Å². The Hall–Kier alpha value is -1.39. The molecule has 4 nitrogen and oxygen atoms in total. The first-order chi connectivity index (χ1) is 7.25. The van der Waals surface area contributed by atoms with Crippen LogP contribution in [0.25, 0.3) is 0 Å². The van der Waals surface area contributed by atoms with Gasteiger partial charge in [-0.2, -0.15) is 0 Å². The zero-order valence-corrected chi connectivity index (χ0v) is 8.67. The predicted molar refractivity (Wildman–Crippen MR) is 56.4 cm³/mol. The highest BCUT2D eigenvalue weighted by Gasteiger charge is 2.07. The summed E-state index contributed by atoms with van der Waals surface area (Å²) in [5, 5.41) is 17.9. The summed E-state index contributed by atoms with van der Waals surface area (Å²) in [6.07, 6.45) is 2.57. The fourth-order valence-corrected chi connectivity index (χ4v) is 1.43. The molecule has 0 saturated heterocycles. The van der Waals surface area contributed by atoms with Gasteiger partial charge in [-0.1, -0.05) is 23.7 Å². The summed E-state index contributed by atoms with van der Waals surface area (Å²) in [6.45, 7) is 0.439. The number of hydrogen-bond acceptors (Lipinski definition) is 3. The Morgan fingerprint density at radius 2 is 1.80 bits per heavy atom. The van der Waals surface area contributed by atoms with Crippen molar-refractivity contribution in [1.82, 2.24) is 14.8 Å². The van der Waals surface area contributed by atoms with E-state index in [0.717, 1.165) is 5.56 Å². The van der Waals surface area contributed by atoms with Crippen LogP contribution >= 0.6 is 11.6 Å². The van der Waals surface area contributed by atoms with E-state index in [-0.39, 0.29) is 0 Å². The fraction of sp³-hybridized carbons (Fsp3) is 0.200. The van der Waals surface area contributed by atoms with Crippen molar-refractivity contribution < 1.29 is 5.11 Å². The Kier molecular flexibility index (Phi) is 2.99. The Labute approximate surface area is 92.1 Å². The molecule has 0 saturated carbocycles. The largest absolute Gasteiger partial charge is 0.387 e. The molecule has 15 heavy (non-hydrogen) atoms. The van der Waals surface area contributed by atoms with Crippen molar-refractivity contribution in [1.29, 1.82) is 0 Å². The van der Waals surface area contributed by atoms with E-state index in [2.05, 4.69) is 10.2 Å². The summed E-state index contributed by atoms with van der Waals surface area (Å²) in [6, 6.07) is 7.12. The molecule has 1 atom stereocenters. The number of benzene rings is 1. The summed E-state index contributed by atoms with van der Waals surface area (Å²) in [4.78, 5) is 0. The van der Waals surface area contributed by atoms with Crippen molar-refractivity contribution in [3.8, 4) is 0 Å². The van der Waals surface area contributed by atoms with Gasteiger partial charge < -0.3 is 9.67 Å². The van der Waals surface area contributed by atoms with Gasteiger partial charge in [0.25, 0.3) is 0 Å². The van der Waals surface area contributed by atoms with E-state index in [9.17, 15) is 5.11 Å². The molecule has 2 rings (SSSR count). The molecule has 2 aromatic rings. The average molecular weight is 224 g/mol. The fourth-order valence-electron chi connectivity index (χ4n) is 1.31. The lowest BCUT2D eigenvalue weighted by molar-refractivity contribution is 0.156. The maximum Gasteiger partial charge on any atom is 0.119 e. The number of aromatic nitrogens is 3. The van der Waals surface area contributed by atoms with E-state index >= 15 is 0 Å². The second-order valence-electron chi connectivity index (χ2n) is 3.23. The first kappa shape index (κ1) is 10.1. The summed E-state index contributed by atoms with van der Waals surface area (Å²) >= 11 is 5.75. The Morgan fingerprint density at radius 1 is 1.20 bits per heavy atom. The summed E-state index contributed by atoms with van der Waals surface area (Å²) in [5.74, 6) is 0. The molecular weight excluding hydrogens is 214 g/mol. The topological polar surface area (TPSA) is 50.9 Å². The lowest BCUT2D eigenvalue weighted by Gasteiger charge is -2.10. The van der Waals surface area contributed by atoms with Crippen molar-refractivity contribution in [2.75, 3.05) is 0 Å². The minimum atomic E-state index is -0.571. The van der Waals surface area contributed by atoms with E-state index < -0.39 is 6.10 Å². The molecule has 1 unspecified atom stereocenters. The average Bonchev–Trinajstić information content (AvgIpc) is 2.71. The molecule has 0 bridgehead atoms. The number of rotatable bonds is 3. The molecule has 0 radical (unpaired) electrons. The Balaban J connectivity index is 2.08. The van der Waals surface area contributed by atoms with E-state index in [1.54, 1.807) is 41.5 Å². The smallest absolute Gasteiger partial charge is 0.119 e. The van der Waals surface area contributed by atoms with Crippen molar-refractivity contribution in [2.24, 2.45) is 0 Å². The van der Waals surface area contributed by atoms with E-state index in [4.69, 9.17) is 11.6 Å². The zero-order chi connectivity index (χ0) is 10.7. The van der Waals surface area contributed by atoms with Gasteiger partial charge in [-0.3, -0.25) is 0 Å². The van der Waals surface area contributed by atoms with Crippen LogP contribution in [0.3, 0.4) is 0 Å². The van der Waals surface area contributed by atoms with Crippen LogP contribution in [-0.4, -0.2) is 19.9 Å². The van der Waals surface area contributed by atoms with Gasteiger partial charge in [-0.25, -0.2) is 0 Å². The molecule has 1 aromatic heterocycles. The minimum Gasteiger partial charge on any atom is -0.387 e. The van der Waals surface area contributed by atoms with Crippen LogP contribution in [0.1, 0.15) is 11.7 Å². The van der Waals surface area contributed by atoms with Crippen molar-refractivity contribution in [2.45, 2.75) is 12.6 Å². The van der Waals surface area contributed by atoms with Gasteiger partial charge in [0.1, 0.15) is 12.7 Å². The highest BCUT2D eigenvalue weighted by Crippen LogP contribution is 2.17. The number of aliphatic hydroxyl groups is 1. The monoisotopic (exact) mass is 223 g/mol. The van der Waals surface area contributed by atoms with E-state index in [1.807, 2.05) is 0 Å². The third-order valence-electron chi connectivity index (χ3n) is 2.11. The van der Waals surface area contributed by atoms with Crippen LogP contribution in [0.15, 0.2) is 36.9 Å². The van der Waals surface area contributed by atoms with Crippen LogP contribution in [0, 0.1) is 0 Å². The maximum absolute atomic E-state index is 9.86. The van der Waals surface area contributed by atoms with Crippen LogP contribution in [-0.2, 0) is 6.54 Å². The molecule has 78 valence electrons. The normalized spacial score (nSPS) is 12.7. The van der Waals surface area contributed by atoms with Crippen LogP contribution in [0.5, 0.6) is 0 Å². The lowest BCUT2D eigenvalue weighted by atomic mass is 10.1. The number of hydrogen-bond donors (Lipinski definition) is 1. The Bertz CT molecular complexity index is 413. The maximum atomic E-state index is 9.86. The second-order valence-corrected chi connectivity index (χ2v) is 3.66. The van der Waals surface area contributed by atoms with Gasteiger partial charge in [-0.15, -0.1) is 10.2 Å². The summed E-state index contributed by atoms with van der Waals surface area (Å²) < 4.78 is 1.72. The molecule has 1 heterocycles. The number of nitrogens with zero attached hydrogens (tertiary/aromatic N) is 3. The molecule has 5 heteroatoms. The highest BCUT2D eigenvalue weighted by atomic mass is 35.5. The summed E-state index contributed by atoms with van der Waals surface area (Å²) in [7, 11) is 0. The van der Waals surface area contributed by atoms with E-state index in [1.165, 1.54) is 0 Å². The molecular formula is C10H10ClN3O. The van der Waals surface area contributed by atoms with Gasteiger partial charge in [-0.05, 0) is 17.7 Å². The molecule has 0 aliphatic heterocycles. The van der Waals surface area contributed by atoms with E-state index in [0.29, 0.717) is 11.6 Å². The number of aliphatic hydroxyl groups excluding tert-OH is 1. The van der Waals surface area contributed by atoms with Crippen molar-refractivity contribution in [3.63, 3.8) is 0 Å². The highest BCUT2D eigenvalue weighted by molar-refractivity contribution is 6.30. The van der Waals surface area contributed by atoms with Gasteiger partial charge in [0.2, 0.25) is 0 Å². The molecule has 0 amide bonds. The van der Waals surface area contributed by atoms with Crippen molar-refractivity contribution in [3.05, 3.63) is 47.5 Å². The quantitative estimate of drug-likeness (QED) is 0.861. The summed E-state index contributed by atoms with van der Waals surface area (Å²) in [5.41, 5.74) is 0.827. The lowest BCUT2D eigenvalue weighted by Crippen LogP contribution is -2.06. The van der Waals surface area contributed by atoms with Crippen LogP contribution in [0.4, 0.5) is 0 Å². The molecule has 0 spiro atoms. The molecule has 0 fully saturated rings. The minimum absolute atomic E-state index is 0.439. The van der Waals surface area contributed by atoms with Gasteiger partial charge in [0.05, 0.1) is 12.6 Å². The molecule has 0 aliphatic rings. The van der Waals surface area contributed by atoms with Crippen LogP contribution in [0.2, 0.25) is 5.02 Å². The predicted octanol–water partition coefficient (Wildman–Crippen LogP) is 1.67. The number of halogens is 1. The SMILES string of the molecule is OC(Cn1cnnc1)c1ccc(Cl)cc1.